The number of nitro groups is 1. The normalized spacial score (nSPS) is 16.0. The van der Waals surface area contributed by atoms with Gasteiger partial charge >= 0.3 is 0 Å². The molecule has 0 atom stereocenters. The van der Waals surface area contributed by atoms with Crippen molar-refractivity contribution in [3.8, 4) is 0 Å². The number of nitro benzene ring substituents is 1. The highest BCUT2D eigenvalue weighted by Gasteiger charge is 2.24. The summed E-state index contributed by atoms with van der Waals surface area (Å²) in [6.07, 6.45) is 2.59. The molecule has 1 aliphatic heterocycles. The molecule has 21 heavy (non-hydrogen) atoms. The Morgan fingerprint density at radius 2 is 2.10 bits per heavy atom. The van der Waals surface area contributed by atoms with E-state index in [-0.39, 0.29) is 18.2 Å². The molecule has 0 spiro atoms. The van der Waals surface area contributed by atoms with Crippen molar-refractivity contribution in [1.29, 1.82) is 0 Å². The molecule has 1 aliphatic rings. The lowest BCUT2D eigenvalue weighted by atomic mass is 9.93. The number of nitrogens with zero attached hydrogens (tertiary/aromatic N) is 2. The fraction of sp³-hybridized carbons (Fsp3) is 0.533. The van der Waals surface area contributed by atoms with Gasteiger partial charge in [-0.15, -0.1) is 0 Å². The van der Waals surface area contributed by atoms with Crippen molar-refractivity contribution >= 4 is 11.6 Å². The van der Waals surface area contributed by atoms with Gasteiger partial charge in [-0.3, -0.25) is 14.9 Å². The van der Waals surface area contributed by atoms with Crippen LogP contribution in [0.3, 0.4) is 0 Å². The third-order valence-electron chi connectivity index (χ3n) is 4.08. The molecule has 1 fully saturated rings. The standard InChI is InChI=1S/C15H20N2O4/c1-11-10-13(2-3-14(11)17(20)21)15(19)16-7-4-12(5-8-16)6-9-18/h2-3,10,12,18H,4-9H2,1H3. The first kappa shape index (κ1) is 15.4. The molecule has 6 heteroatoms. The summed E-state index contributed by atoms with van der Waals surface area (Å²) < 4.78 is 0. The van der Waals surface area contributed by atoms with Gasteiger partial charge < -0.3 is 10.0 Å². The van der Waals surface area contributed by atoms with Crippen molar-refractivity contribution < 1.29 is 14.8 Å². The minimum absolute atomic E-state index is 0.0354. The van der Waals surface area contributed by atoms with Crippen LogP contribution in [-0.2, 0) is 0 Å². The molecule has 0 bridgehead atoms. The van der Waals surface area contributed by atoms with Gasteiger partial charge in [0.25, 0.3) is 11.6 Å². The van der Waals surface area contributed by atoms with Gasteiger partial charge in [-0.2, -0.15) is 0 Å². The summed E-state index contributed by atoms with van der Waals surface area (Å²) in [5.74, 6) is 0.410. The van der Waals surface area contributed by atoms with E-state index in [1.165, 1.54) is 12.1 Å². The maximum absolute atomic E-state index is 12.4. The van der Waals surface area contributed by atoms with Crippen LogP contribution in [0.5, 0.6) is 0 Å². The molecular formula is C15H20N2O4. The van der Waals surface area contributed by atoms with E-state index >= 15 is 0 Å². The SMILES string of the molecule is Cc1cc(C(=O)N2CCC(CCO)CC2)ccc1[N+](=O)[O-]. The van der Waals surface area contributed by atoms with Crippen molar-refractivity contribution in [3.63, 3.8) is 0 Å². The van der Waals surface area contributed by atoms with Crippen molar-refractivity contribution in [2.24, 2.45) is 5.92 Å². The lowest BCUT2D eigenvalue weighted by molar-refractivity contribution is -0.385. The summed E-state index contributed by atoms with van der Waals surface area (Å²) in [6, 6.07) is 4.49. The number of aryl methyl sites for hydroxylation is 1. The van der Waals surface area contributed by atoms with E-state index in [9.17, 15) is 14.9 Å². The number of piperidine rings is 1. The summed E-state index contributed by atoms with van der Waals surface area (Å²) in [7, 11) is 0. The fourth-order valence-corrected chi connectivity index (χ4v) is 2.78. The van der Waals surface area contributed by atoms with Gasteiger partial charge in [0.2, 0.25) is 0 Å². The van der Waals surface area contributed by atoms with Gasteiger partial charge in [0.05, 0.1) is 4.92 Å². The molecule has 2 rings (SSSR count). The van der Waals surface area contributed by atoms with Crippen LogP contribution in [0.15, 0.2) is 18.2 Å². The van der Waals surface area contributed by atoms with Crippen LogP contribution in [0.25, 0.3) is 0 Å². The van der Waals surface area contributed by atoms with E-state index in [1.54, 1.807) is 17.9 Å². The Labute approximate surface area is 123 Å². The number of hydrogen-bond acceptors (Lipinski definition) is 4. The molecule has 1 heterocycles. The molecule has 0 unspecified atom stereocenters. The van der Waals surface area contributed by atoms with Crippen molar-refractivity contribution in [3.05, 3.63) is 39.4 Å². The molecule has 1 amide bonds. The molecule has 114 valence electrons. The summed E-state index contributed by atoms with van der Waals surface area (Å²) >= 11 is 0. The minimum Gasteiger partial charge on any atom is -0.396 e. The Bertz CT molecular complexity index is 536. The van der Waals surface area contributed by atoms with E-state index < -0.39 is 4.92 Å². The van der Waals surface area contributed by atoms with Crippen LogP contribution >= 0.6 is 0 Å². The van der Waals surface area contributed by atoms with Gasteiger partial charge in [-0.25, -0.2) is 0 Å². The predicted molar refractivity (Wildman–Crippen MR) is 78.2 cm³/mol. The maximum atomic E-state index is 12.4. The summed E-state index contributed by atoms with van der Waals surface area (Å²) in [5, 5.41) is 19.7. The zero-order valence-corrected chi connectivity index (χ0v) is 12.1. The van der Waals surface area contributed by atoms with Crippen LogP contribution < -0.4 is 0 Å². The second kappa shape index (κ2) is 6.67. The molecule has 1 aromatic rings. The van der Waals surface area contributed by atoms with Gasteiger partial charge in [-0.1, -0.05) is 0 Å². The number of likely N-dealkylation sites (tertiary alicyclic amines) is 1. The average molecular weight is 292 g/mol. The highest BCUT2D eigenvalue weighted by molar-refractivity contribution is 5.94. The van der Waals surface area contributed by atoms with E-state index in [1.807, 2.05) is 0 Å². The third kappa shape index (κ3) is 3.58. The van der Waals surface area contributed by atoms with Crippen molar-refractivity contribution in [2.45, 2.75) is 26.2 Å². The topological polar surface area (TPSA) is 83.7 Å². The first-order valence-electron chi connectivity index (χ1n) is 7.18. The van der Waals surface area contributed by atoms with Crippen molar-refractivity contribution in [2.75, 3.05) is 19.7 Å². The number of amides is 1. The molecular weight excluding hydrogens is 272 g/mol. The number of carbonyl (C=O) groups excluding carboxylic acids is 1. The van der Waals surface area contributed by atoms with Crippen LogP contribution in [0.2, 0.25) is 0 Å². The van der Waals surface area contributed by atoms with E-state index in [4.69, 9.17) is 5.11 Å². The van der Waals surface area contributed by atoms with Gasteiger partial charge in [-0.05, 0) is 44.2 Å². The second-order valence-corrected chi connectivity index (χ2v) is 5.51. The lowest BCUT2D eigenvalue weighted by Gasteiger charge is -2.31. The molecule has 1 N–H and O–H groups in total. The largest absolute Gasteiger partial charge is 0.396 e. The summed E-state index contributed by atoms with van der Waals surface area (Å²) in [4.78, 5) is 24.5. The predicted octanol–water partition coefficient (Wildman–Crippen LogP) is 2.14. The maximum Gasteiger partial charge on any atom is 0.272 e. The molecule has 0 saturated carbocycles. The zero-order chi connectivity index (χ0) is 15.4. The number of hydrogen-bond donors (Lipinski definition) is 1. The smallest absolute Gasteiger partial charge is 0.272 e. The minimum atomic E-state index is -0.441. The van der Waals surface area contributed by atoms with E-state index in [0.717, 1.165) is 19.3 Å². The highest BCUT2D eigenvalue weighted by Crippen LogP contribution is 2.23. The van der Waals surface area contributed by atoms with E-state index in [2.05, 4.69) is 0 Å². The Hall–Kier alpha value is -1.95. The third-order valence-corrected chi connectivity index (χ3v) is 4.08. The zero-order valence-electron chi connectivity index (χ0n) is 12.1. The lowest BCUT2D eigenvalue weighted by Crippen LogP contribution is -2.38. The Morgan fingerprint density at radius 3 is 2.62 bits per heavy atom. The van der Waals surface area contributed by atoms with Gasteiger partial charge in [0.1, 0.15) is 0 Å². The van der Waals surface area contributed by atoms with E-state index in [0.29, 0.717) is 30.1 Å². The molecule has 0 radical (unpaired) electrons. The fourth-order valence-electron chi connectivity index (χ4n) is 2.78. The molecule has 1 aromatic carbocycles. The number of aliphatic hydroxyl groups is 1. The van der Waals surface area contributed by atoms with Crippen LogP contribution in [0.1, 0.15) is 35.2 Å². The second-order valence-electron chi connectivity index (χ2n) is 5.51. The summed E-state index contributed by atoms with van der Waals surface area (Å²) in [5.41, 5.74) is 1.04. The molecule has 1 saturated heterocycles. The van der Waals surface area contributed by atoms with Crippen molar-refractivity contribution in [1.82, 2.24) is 4.90 Å². The monoisotopic (exact) mass is 292 g/mol. The molecule has 0 aromatic heterocycles. The first-order valence-corrected chi connectivity index (χ1v) is 7.18. The van der Waals surface area contributed by atoms with Gasteiger partial charge in [0.15, 0.2) is 0 Å². The Morgan fingerprint density at radius 1 is 1.43 bits per heavy atom. The average Bonchev–Trinajstić information content (AvgIpc) is 2.47. The molecule has 6 nitrogen and oxygen atoms in total. The summed E-state index contributed by atoms with van der Waals surface area (Å²) in [6.45, 7) is 3.20. The molecule has 0 aliphatic carbocycles. The van der Waals surface area contributed by atoms with Gasteiger partial charge in [0, 0.05) is 36.9 Å². The Balaban J connectivity index is 2.04. The highest BCUT2D eigenvalue weighted by atomic mass is 16.6. The number of rotatable bonds is 4. The number of benzene rings is 1. The number of carbonyl (C=O) groups is 1. The Kier molecular flexibility index (Phi) is 4.90. The quantitative estimate of drug-likeness (QED) is 0.680. The number of aliphatic hydroxyl groups excluding tert-OH is 1. The first-order chi connectivity index (χ1) is 10.0. The van der Waals surface area contributed by atoms with Crippen LogP contribution in [-0.4, -0.2) is 40.5 Å². The van der Waals surface area contributed by atoms with Crippen LogP contribution in [0, 0.1) is 23.0 Å². The van der Waals surface area contributed by atoms with Crippen LogP contribution in [0.4, 0.5) is 5.69 Å².